The maximum absolute atomic E-state index is 12.3. The van der Waals surface area contributed by atoms with Gasteiger partial charge in [0, 0.05) is 18.7 Å². The molecule has 1 unspecified atom stereocenters. The minimum absolute atomic E-state index is 0.0523. The third-order valence-corrected chi connectivity index (χ3v) is 3.42. The predicted molar refractivity (Wildman–Crippen MR) is 82.3 cm³/mol. The number of hydrogen-bond acceptors (Lipinski definition) is 4. The number of nitrogens with two attached hydrogens (primary N) is 2. The molecule has 0 heterocycles. The van der Waals surface area contributed by atoms with Gasteiger partial charge >= 0.3 is 0 Å². The van der Waals surface area contributed by atoms with Crippen molar-refractivity contribution in [1.82, 2.24) is 5.32 Å². The number of nitrogens with one attached hydrogen (secondary N) is 1. The smallest absolute Gasteiger partial charge is 0.255 e. The van der Waals surface area contributed by atoms with E-state index in [0.29, 0.717) is 28.6 Å². The van der Waals surface area contributed by atoms with Crippen LogP contribution in [0.2, 0.25) is 5.02 Å². The van der Waals surface area contributed by atoms with Crippen LogP contribution in [-0.4, -0.2) is 25.6 Å². The molecular weight excluding hydrogens is 278 g/mol. The lowest BCUT2D eigenvalue weighted by Gasteiger charge is -2.18. The fourth-order valence-corrected chi connectivity index (χ4v) is 2.04. The molecule has 0 bridgehead atoms. The second-order valence-corrected chi connectivity index (χ2v) is 5.03. The van der Waals surface area contributed by atoms with Crippen LogP contribution >= 0.6 is 11.6 Å². The monoisotopic (exact) mass is 299 g/mol. The molecule has 0 fully saturated rings. The van der Waals surface area contributed by atoms with Crippen LogP contribution in [0, 0.1) is 0 Å². The minimum atomic E-state index is -0.254. The molecule has 1 aromatic carbocycles. The molecule has 1 amide bonds. The molecule has 0 aliphatic heterocycles. The highest BCUT2D eigenvalue weighted by molar-refractivity contribution is 6.33. The van der Waals surface area contributed by atoms with Gasteiger partial charge in [0.1, 0.15) is 5.75 Å². The Labute approximate surface area is 124 Å². The van der Waals surface area contributed by atoms with E-state index in [1.807, 2.05) is 0 Å². The molecule has 1 atom stereocenters. The fourth-order valence-electron chi connectivity index (χ4n) is 1.88. The molecule has 1 rings (SSSR count). The standard InChI is InChI=1S/C14H22ClN3O2/c1-3-4-5-9(8-16)18-14(19)10-6-11(15)12(17)7-13(10)20-2/h6-7,9H,3-5,8,16-17H2,1-2H3,(H,18,19). The number of halogens is 1. The van der Waals surface area contributed by atoms with Crippen molar-refractivity contribution < 1.29 is 9.53 Å². The van der Waals surface area contributed by atoms with Gasteiger partial charge in [-0.05, 0) is 12.5 Å². The lowest BCUT2D eigenvalue weighted by atomic mass is 10.1. The molecule has 1 aromatic rings. The average molecular weight is 300 g/mol. The number of amides is 1. The molecule has 0 saturated carbocycles. The van der Waals surface area contributed by atoms with Gasteiger partial charge in [0.15, 0.2) is 0 Å². The minimum Gasteiger partial charge on any atom is -0.496 e. The third-order valence-electron chi connectivity index (χ3n) is 3.09. The topological polar surface area (TPSA) is 90.4 Å². The zero-order valence-corrected chi connectivity index (χ0v) is 12.7. The predicted octanol–water partition coefficient (Wildman–Crippen LogP) is 2.18. The summed E-state index contributed by atoms with van der Waals surface area (Å²) < 4.78 is 5.17. The van der Waals surface area contributed by atoms with Crippen LogP contribution in [0.15, 0.2) is 12.1 Å². The van der Waals surface area contributed by atoms with Crippen LogP contribution in [0.5, 0.6) is 5.75 Å². The van der Waals surface area contributed by atoms with E-state index in [-0.39, 0.29) is 11.9 Å². The molecule has 5 N–H and O–H groups in total. The Morgan fingerprint density at radius 3 is 2.75 bits per heavy atom. The number of benzene rings is 1. The first kappa shape index (κ1) is 16.6. The van der Waals surface area contributed by atoms with E-state index in [1.54, 1.807) is 6.07 Å². The Bertz CT molecular complexity index is 466. The van der Waals surface area contributed by atoms with Crippen molar-refractivity contribution in [3.8, 4) is 5.75 Å². The van der Waals surface area contributed by atoms with E-state index in [4.69, 9.17) is 27.8 Å². The Kier molecular flexibility index (Phi) is 6.61. The van der Waals surface area contributed by atoms with Gasteiger partial charge in [-0.15, -0.1) is 0 Å². The third kappa shape index (κ3) is 4.28. The number of nitrogen functional groups attached to an aromatic ring is 1. The lowest BCUT2D eigenvalue weighted by Crippen LogP contribution is -2.40. The van der Waals surface area contributed by atoms with Crippen molar-refractivity contribution >= 4 is 23.2 Å². The fraction of sp³-hybridized carbons (Fsp3) is 0.500. The molecule has 0 radical (unpaired) electrons. The van der Waals surface area contributed by atoms with Gasteiger partial charge in [0.25, 0.3) is 5.91 Å². The van der Waals surface area contributed by atoms with Crippen molar-refractivity contribution in [3.63, 3.8) is 0 Å². The maximum atomic E-state index is 12.3. The van der Waals surface area contributed by atoms with E-state index in [9.17, 15) is 4.79 Å². The summed E-state index contributed by atoms with van der Waals surface area (Å²) in [5.74, 6) is 0.144. The van der Waals surface area contributed by atoms with Gasteiger partial charge in [-0.2, -0.15) is 0 Å². The molecule has 0 aromatic heterocycles. The SMILES string of the molecule is CCCCC(CN)NC(=O)c1cc(Cl)c(N)cc1OC. The second-order valence-electron chi connectivity index (χ2n) is 4.62. The van der Waals surface area contributed by atoms with Gasteiger partial charge in [-0.1, -0.05) is 31.4 Å². The van der Waals surface area contributed by atoms with Gasteiger partial charge in [0.2, 0.25) is 0 Å². The van der Waals surface area contributed by atoms with E-state index in [1.165, 1.54) is 13.2 Å². The quantitative estimate of drug-likeness (QED) is 0.673. The first-order valence-electron chi connectivity index (χ1n) is 6.67. The highest BCUT2D eigenvalue weighted by Gasteiger charge is 2.17. The van der Waals surface area contributed by atoms with Gasteiger partial charge in [0.05, 0.1) is 23.4 Å². The first-order chi connectivity index (χ1) is 9.53. The Balaban J connectivity index is 2.88. The van der Waals surface area contributed by atoms with E-state index < -0.39 is 0 Å². The average Bonchev–Trinajstić information content (AvgIpc) is 2.45. The summed E-state index contributed by atoms with van der Waals surface area (Å²) in [5, 5.41) is 3.22. The number of unbranched alkanes of at least 4 members (excludes halogenated alkanes) is 1. The molecule has 6 heteroatoms. The number of rotatable bonds is 7. The summed E-state index contributed by atoms with van der Waals surface area (Å²) in [5.41, 5.74) is 12.1. The highest BCUT2D eigenvalue weighted by Crippen LogP contribution is 2.28. The zero-order valence-electron chi connectivity index (χ0n) is 11.9. The lowest BCUT2D eigenvalue weighted by molar-refractivity contribution is 0.0933. The van der Waals surface area contributed by atoms with Gasteiger partial charge in [-0.25, -0.2) is 0 Å². The molecule has 0 saturated heterocycles. The normalized spacial score (nSPS) is 12.0. The summed E-state index contributed by atoms with van der Waals surface area (Å²) in [6.45, 7) is 2.49. The first-order valence-corrected chi connectivity index (χ1v) is 7.05. The van der Waals surface area contributed by atoms with Crippen molar-refractivity contribution in [2.75, 3.05) is 19.4 Å². The summed E-state index contributed by atoms with van der Waals surface area (Å²) in [4.78, 5) is 12.3. The van der Waals surface area contributed by atoms with Crippen LogP contribution in [0.3, 0.4) is 0 Å². The largest absolute Gasteiger partial charge is 0.496 e. The van der Waals surface area contributed by atoms with Crippen LogP contribution in [0.4, 0.5) is 5.69 Å². The number of anilines is 1. The van der Waals surface area contributed by atoms with E-state index in [2.05, 4.69) is 12.2 Å². The Morgan fingerprint density at radius 2 is 2.20 bits per heavy atom. The van der Waals surface area contributed by atoms with Crippen molar-refractivity contribution in [2.45, 2.75) is 32.2 Å². The van der Waals surface area contributed by atoms with E-state index in [0.717, 1.165) is 19.3 Å². The molecule has 20 heavy (non-hydrogen) atoms. The Morgan fingerprint density at radius 1 is 1.50 bits per heavy atom. The highest BCUT2D eigenvalue weighted by atomic mass is 35.5. The summed E-state index contributed by atoms with van der Waals surface area (Å²) >= 11 is 5.96. The van der Waals surface area contributed by atoms with Gasteiger partial charge < -0.3 is 21.5 Å². The number of carbonyl (C=O) groups excluding carboxylic acids is 1. The molecule has 5 nitrogen and oxygen atoms in total. The number of carbonyl (C=O) groups is 1. The van der Waals surface area contributed by atoms with Gasteiger partial charge in [-0.3, -0.25) is 4.79 Å². The molecular formula is C14H22ClN3O2. The summed E-state index contributed by atoms with van der Waals surface area (Å²) in [6, 6.07) is 3.00. The Hall–Kier alpha value is -1.46. The summed E-state index contributed by atoms with van der Waals surface area (Å²) in [6.07, 6.45) is 2.93. The van der Waals surface area contributed by atoms with E-state index >= 15 is 0 Å². The maximum Gasteiger partial charge on any atom is 0.255 e. The van der Waals surface area contributed by atoms with Crippen LogP contribution in [0.1, 0.15) is 36.5 Å². The van der Waals surface area contributed by atoms with Crippen LogP contribution in [-0.2, 0) is 0 Å². The van der Waals surface area contributed by atoms with Crippen molar-refractivity contribution in [1.29, 1.82) is 0 Å². The second kappa shape index (κ2) is 7.97. The molecule has 0 aliphatic carbocycles. The summed E-state index contributed by atoms with van der Waals surface area (Å²) in [7, 11) is 1.48. The number of ether oxygens (including phenoxy) is 1. The van der Waals surface area contributed by atoms with Crippen LogP contribution in [0.25, 0.3) is 0 Å². The van der Waals surface area contributed by atoms with Crippen molar-refractivity contribution in [2.24, 2.45) is 5.73 Å². The number of methoxy groups -OCH3 is 1. The number of hydrogen-bond donors (Lipinski definition) is 3. The molecule has 112 valence electrons. The van der Waals surface area contributed by atoms with Crippen molar-refractivity contribution in [3.05, 3.63) is 22.7 Å². The zero-order chi connectivity index (χ0) is 15.1. The molecule has 0 spiro atoms. The molecule has 0 aliphatic rings. The van der Waals surface area contributed by atoms with Crippen LogP contribution < -0.4 is 21.5 Å².